The lowest BCUT2D eigenvalue weighted by Gasteiger charge is -2.36. The molecule has 0 bridgehead atoms. The van der Waals surface area contributed by atoms with Crippen LogP contribution in [-0.4, -0.2) is 81.5 Å². The van der Waals surface area contributed by atoms with E-state index in [9.17, 15) is 31.2 Å². The van der Waals surface area contributed by atoms with Crippen LogP contribution >= 0.6 is 0 Å². The number of halogens is 3. The molecule has 0 unspecified atom stereocenters. The van der Waals surface area contributed by atoms with E-state index in [0.29, 0.717) is 30.6 Å². The lowest BCUT2D eigenvalue weighted by molar-refractivity contribution is -0.152. The fourth-order valence-electron chi connectivity index (χ4n) is 4.09. The van der Waals surface area contributed by atoms with Crippen LogP contribution in [0.5, 0.6) is 0 Å². The van der Waals surface area contributed by atoms with Gasteiger partial charge in [0.2, 0.25) is 21.8 Å². The Morgan fingerprint density at radius 2 is 1.81 bits per heavy atom. The maximum absolute atomic E-state index is 13.0. The normalized spacial score (nSPS) is 19.5. The fourth-order valence-corrected chi connectivity index (χ4v) is 5.55. The third-order valence-corrected chi connectivity index (χ3v) is 7.38. The Kier molecular flexibility index (Phi) is 7.15. The molecule has 2 aliphatic heterocycles. The minimum Gasteiger partial charge on any atom is -0.339 e. The lowest BCUT2D eigenvalue weighted by Crippen LogP contribution is -2.55. The number of amides is 2. The monoisotopic (exact) mass is 476 g/mol. The standard InChI is InChI=1S/C20H27F3N4O4S/c1-14-16(27-8-4-7-18(27)28)5-3-6-17(14)32(30,31)24-15(2)19(29)26-11-9-25(10-12-26)13-20(21,22)23/h3,5-6,15,24H,4,7-13H2,1-2H3/t15-/m0/s1. The number of nitrogens with one attached hydrogen (secondary N) is 1. The number of sulfonamides is 1. The van der Waals surface area contributed by atoms with E-state index in [0.717, 1.165) is 0 Å². The number of carbonyl (C=O) groups is 2. The fraction of sp³-hybridized carbons (Fsp3) is 0.600. The van der Waals surface area contributed by atoms with Gasteiger partial charge in [0.15, 0.2) is 0 Å². The summed E-state index contributed by atoms with van der Waals surface area (Å²) in [6, 6.07) is 3.56. The number of nitrogens with zero attached hydrogens (tertiary/aromatic N) is 3. The zero-order valence-electron chi connectivity index (χ0n) is 18.0. The highest BCUT2D eigenvalue weighted by atomic mass is 32.2. The Morgan fingerprint density at radius 3 is 2.38 bits per heavy atom. The summed E-state index contributed by atoms with van der Waals surface area (Å²) in [5, 5.41) is 0. The van der Waals surface area contributed by atoms with Crippen LogP contribution in [0.3, 0.4) is 0 Å². The number of benzene rings is 1. The maximum atomic E-state index is 13.0. The van der Waals surface area contributed by atoms with Gasteiger partial charge in [-0.3, -0.25) is 14.5 Å². The molecule has 1 atom stereocenters. The van der Waals surface area contributed by atoms with Gasteiger partial charge in [0.25, 0.3) is 0 Å². The van der Waals surface area contributed by atoms with E-state index in [1.807, 2.05) is 0 Å². The number of piperazine rings is 1. The topological polar surface area (TPSA) is 90.0 Å². The molecule has 8 nitrogen and oxygen atoms in total. The third kappa shape index (κ3) is 5.59. The first-order valence-corrected chi connectivity index (χ1v) is 11.9. The van der Waals surface area contributed by atoms with Crippen molar-refractivity contribution in [1.29, 1.82) is 0 Å². The van der Waals surface area contributed by atoms with Gasteiger partial charge in [-0.25, -0.2) is 8.42 Å². The quantitative estimate of drug-likeness (QED) is 0.672. The van der Waals surface area contributed by atoms with Crippen molar-refractivity contribution in [3.05, 3.63) is 23.8 Å². The van der Waals surface area contributed by atoms with E-state index in [-0.39, 0.29) is 37.0 Å². The Hall–Kier alpha value is -2.18. The Morgan fingerprint density at radius 1 is 1.16 bits per heavy atom. The summed E-state index contributed by atoms with van der Waals surface area (Å²) in [5.41, 5.74) is 0.936. The summed E-state index contributed by atoms with van der Waals surface area (Å²) in [6.45, 7) is 2.82. The molecule has 2 fully saturated rings. The molecule has 3 rings (SSSR count). The minimum absolute atomic E-state index is 0.0238. The summed E-state index contributed by atoms with van der Waals surface area (Å²) in [7, 11) is -4.07. The molecule has 32 heavy (non-hydrogen) atoms. The second kappa shape index (κ2) is 9.36. The van der Waals surface area contributed by atoms with Crippen molar-refractivity contribution in [2.24, 2.45) is 0 Å². The summed E-state index contributed by atoms with van der Waals surface area (Å²) >= 11 is 0. The Bertz CT molecular complexity index is 976. The van der Waals surface area contributed by atoms with Crippen LogP contribution in [0.4, 0.5) is 18.9 Å². The summed E-state index contributed by atoms with van der Waals surface area (Å²) in [6.07, 6.45) is -3.19. The van der Waals surface area contributed by atoms with E-state index >= 15 is 0 Å². The van der Waals surface area contributed by atoms with Gasteiger partial charge < -0.3 is 9.80 Å². The van der Waals surface area contributed by atoms with Gasteiger partial charge >= 0.3 is 6.18 Å². The van der Waals surface area contributed by atoms with Crippen LogP contribution in [0, 0.1) is 6.92 Å². The van der Waals surface area contributed by atoms with Gasteiger partial charge in [-0.05, 0) is 38.0 Å². The van der Waals surface area contributed by atoms with Crippen molar-refractivity contribution in [1.82, 2.24) is 14.5 Å². The molecule has 12 heteroatoms. The molecule has 0 aromatic heterocycles. The molecule has 2 amide bonds. The molecule has 1 N–H and O–H groups in total. The van der Waals surface area contributed by atoms with Crippen molar-refractivity contribution in [3.63, 3.8) is 0 Å². The summed E-state index contributed by atoms with van der Waals surface area (Å²) in [5.74, 6) is -0.562. The molecule has 0 radical (unpaired) electrons. The van der Waals surface area contributed by atoms with E-state index in [2.05, 4.69) is 4.72 Å². The van der Waals surface area contributed by atoms with Gasteiger partial charge in [-0.1, -0.05) is 6.07 Å². The molecule has 0 spiro atoms. The second-order valence-corrected chi connectivity index (χ2v) is 9.79. The molecule has 2 saturated heterocycles. The van der Waals surface area contributed by atoms with Crippen LogP contribution in [0.15, 0.2) is 23.1 Å². The van der Waals surface area contributed by atoms with Crippen LogP contribution in [-0.2, 0) is 19.6 Å². The van der Waals surface area contributed by atoms with Crippen molar-refractivity contribution in [2.45, 2.75) is 43.8 Å². The van der Waals surface area contributed by atoms with E-state index in [1.54, 1.807) is 24.0 Å². The predicted molar refractivity (Wildman–Crippen MR) is 112 cm³/mol. The highest BCUT2D eigenvalue weighted by Crippen LogP contribution is 2.29. The smallest absolute Gasteiger partial charge is 0.339 e. The average Bonchev–Trinajstić information content (AvgIpc) is 3.12. The van der Waals surface area contributed by atoms with Gasteiger partial charge in [0.1, 0.15) is 0 Å². The first-order chi connectivity index (χ1) is 14.9. The highest BCUT2D eigenvalue weighted by Gasteiger charge is 2.34. The summed E-state index contributed by atoms with van der Waals surface area (Å²) < 4.78 is 65.9. The van der Waals surface area contributed by atoms with Gasteiger partial charge in [0.05, 0.1) is 17.5 Å². The molecule has 0 saturated carbocycles. The molecule has 1 aromatic carbocycles. The first kappa shape index (κ1) is 24.5. The van der Waals surface area contributed by atoms with Crippen molar-refractivity contribution in [2.75, 3.05) is 44.2 Å². The number of rotatable bonds is 6. The molecule has 0 aliphatic carbocycles. The van der Waals surface area contributed by atoms with Crippen LogP contribution in [0.25, 0.3) is 0 Å². The lowest BCUT2D eigenvalue weighted by atomic mass is 10.2. The number of hydrogen-bond acceptors (Lipinski definition) is 5. The van der Waals surface area contributed by atoms with E-state index in [1.165, 1.54) is 22.8 Å². The minimum atomic E-state index is -4.30. The number of carbonyl (C=O) groups excluding carboxylic acids is 2. The van der Waals surface area contributed by atoms with Crippen molar-refractivity contribution >= 4 is 27.5 Å². The van der Waals surface area contributed by atoms with Crippen molar-refractivity contribution < 1.29 is 31.2 Å². The molecule has 2 heterocycles. The Labute approximate surface area is 185 Å². The van der Waals surface area contributed by atoms with Crippen LogP contribution < -0.4 is 9.62 Å². The molecule has 178 valence electrons. The van der Waals surface area contributed by atoms with E-state index < -0.39 is 34.7 Å². The average molecular weight is 477 g/mol. The largest absolute Gasteiger partial charge is 0.401 e. The highest BCUT2D eigenvalue weighted by molar-refractivity contribution is 7.89. The van der Waals surface area contributed by atoms with Gasteiger partial charge in [0, 0.05) is 44.8 Å². The predicted octanol–water partition coefficient (Wildman–Crippen LogP) is 1.50. The second-order valence-electron chi connectivity index (χ2n) is 8.11. The molecule has 2 aliphatic rings. The number of anilines is 1. The van der Waals surface area contributed by atoms with E-state index in [4.69, 9.17) is 0 Å². The van der Waals surface area contributed by atoms with Crippen LogP contribution in [0.2, 0.25) is 0 Å². The van der Waals surface area contributed by atoms with Gasteiger partial charge in [-0.15, -0.1) is 0 Å². The number of hydrogen-bond donors (Lipinski definition) is 1. The molecule has 1 aromatic rings. The zero-order valence-corrected chi connectivity index (χ0v) is 18.8. The third-order valence-electron chi connectivity index (χ3n) is 5.70. The molecular formula is C20H27F3N4O4S. The SMILES string of the molecule is Cc1c(N2CCCC2=O)cccc1S(=O)(=O)N[C@@H](C)C(=O)N1CCN(CC(F)(F)F)CC1. The zero-order chi connectivity index (χ0) is 23.7. The van der Waals surface area contributed by atoms with Crippen LogP contribution in [0.1, 0.15) is 25.3 Å². The molecular weight excluding hydrogens is 449 g/mol. The Balaban J connectivity index is 1.67. The number of alkyl halides is 3. The van der Waals surface area contributed by atoms with Crippen molar-refractivity contribution in [3.8, 4) is 0 Å². The maximum Gasteiger partial charge on any atom is 0.401 e. The first-order valence-electron chi connectivity index (χ1n) is 10.4. The summed E-state index contributed by atoms with van der Waals surface area (Å²) in [4.78, 5) is 28.9. The van der Waals surface area contributed by atoms with Gasteiger partial charge in [-0.2, -0.15) is 17.9 Å².